The van der Waals surface area contributed by atoms with Crippen LogP contribution in [0.1, 0.15) is 11.1 Å². The van der Waals surface area contributed by atoms with Crippen LogP contribution in [0.15, 0.2) is 122 Å². The van der Waals surface area contributed by atoms with E-state index in [4.69, 9.17) is 0 Å². The number of aryl methyl sites for hydroxylation is 2. The summed E-state index contributed by atoms with van der Waals surface area (Å²) in [7, 11) is 0. The molecule has 1 heterocycles. The zero-order chi connectivity index (χ0) is 23.3. The van der Waals surface area contributed by atoms with E-state index in [9.17, 15) is 0 Å². The Bertz CT molecular complexity index is 1430. The minimum absolute atomic E-state index is 1.02. The normalized spacial score (nSPS) is 10.6. The molecule has 5 aromatic carbocycles. The zero-order valence-corrected chi connectivity index (χ0v) is 19.4. The third-order valence-corrected chi connectivity index (χ3v) is 6.15. The van der Waals surface area contributed by atoms with E-state index in [-0.39, 0.29) is 0 Å². The fourth-order valence-electron chi connectivity index (χ4n) is 4.49. The molecule has 0 fully saturated rings. The Kier molecular flexibility index (Phi) is 6.13. The van der Waals surface area contributed by atoms with Crippen molar-refractivity contribution in [2.75, 3.05) is 0 Å². The van der Waals surface area contributed by atoms with Crippen molar-refractivity contribution < 1.29 is 0 Å². The highest BCUT2D eigenvalue weighted by atomic mass is 14.8. The van der Waals surface area contributed by atoms with Gasteiger partial charge in [-0.2, -0.15) is 0 Å². The van der Waals surface area contributed by atoms with Crippen LogP contribution >= 0.6 is 0 Å². The molecule has 0 saturated heterocycles. The molecule has 0 unspecified atom stereocenters. The van der Waals surface area contributed by atoms with E-state index in [1.165, 1.54) is 44.2 Å². The zero-order valence-electron chi connectivity index (χ0n) is 19.4. The van der Waals surface area contributed by atoms with Gasteiger partial charge in [0.2, 0.25) is 0 Å². The number of aromatic nitrogens is 2. The Morgan fingerprint density at radius 2 is 1.06 bits per heavy atom. The number of fused-ring (bicyclic) bond motifs is 2. The Morgan fingerprint density at radius 1 is 0.500 bits per heavy atom. The van der Waals surface area contributed by atoms with Crippen molar-refractivity contribution in [3.8, 4) is 22.3 Å². The van der Waals surface area contributed by atoms with Crippen LogP contribution in [-0.2, 0) is 0 Å². The van der Waals surface area contributed by atoms with E-state index in [1.54, 1.807) is 6.33 Å². The molecule has 0 aliphatic rings. The minimum Gasteiger partial charge on any atom is -0.244 e. The fraction of sp³-hybridized carbons (Fsp3) is 0.0625. The van der Waals surface area contributed by atoms with E-state index in [0.29, 0.717) is 0 Å². The molecule has 0 aliphatic heterocycles. The molecule has 2 nitrogen and oxygen atoms in total. The standard InChI is InChI=1S/C17H14.C15H12N2/c1-13-11-12-14-7-5-6-10-16(14)17(13)15-8-3-2-4-9-15;1-11-7-8-13-9-16-10-17-15(13)14(11)12-5-3-2-4-6-12/h2-12H,1H3;2-10H,1H3. The van der Waals surface area contributed by atoms with Crippen molar-refractivity contribution in [3.63, 3.8) is 0 Å². The first-order valence-corrected chi connectivity index (χ1v) is 11.5. The molecule has 0 atom stereocenters. The summed E-state index contributed by atoms with van der Waals surface area (Å²) < 4.78 is 0. The van der Waals surface area contributed by atoms with E-state index in [2.05, 4.69) is 127 Å². The second-order valence-electron chi connectivity index (χ2n) is 8.43. The van der Waals surface area contributed by atoms with Crippen LogP contribution in [0.4, 0.5) is 0 Å². The van der Waals surface area contributed by atoms with Crippen molar-refractivity contribution >= 4 is 21.7 Å². The van der Waals surface area contributed by atoms with Gasteiger partial charge >= 0.3 is 0 Å². The second kappa shape index (κ2) is 9.68. The van der Waals surface area contributed by atoms with Gasteiger partial charge in [-0.25, -0.2) is 9.97 Å². The van der Waals surface area contributed by atoms with Gasteiger partial charge in [-0.3, -0.25) is 0 Å². The van der Waals surface area contributed by atoms with Gasteiger partial charge < -0.3 is 0 Å². The molecular formula is C32H26N2. The van der Waals surface area contributed by atoms with Crippen LogP contribution in [0.25, 0.3) is 43.9 Å². The topological polar surface area (TPSA) is 25.8 Å². The van der Waals surface area contributed by atoms with Crippen LogP contribution in [0.2, 0.25) is 0 Å². The number of benzene rings is 5. The van der Waals surface area contributed by atoms with Crippen LogP contribution in [0, 0.1) is 13.8 Å². The average Bonchev–Trinajstić information content (AvgIpc) is 2.90. The molecule has 0 N–H and O–H groups in total. The van der Waals surface area contributed by atoms with Crippen LogP contribution in [0.3, 0.4) is 0 Å². The van der Waals surface area contributed by atoms with Gasteiger partial charge in [0.15, 0.2) is 0 Å². The molecule has 0 amide bonds. The quantitative estimate of drug-likeness (QED) is 0.271. The molecule has 1 aromatic heterocycles. The lowest BCUT2D eigenvalue weighted by atomic mass is 9.94. The maximum absolute atomic E-state index is 4.41. The number of hydrogen-bond acceptors (Lipinski definition) is 2. The highest BCUT2D eigenvalue weighted by Gasteiger charge is 2.08. The largest absolute Gasteiger partial charge is 0.244 e. The molecule has 34 heavy (non-hydrogen) atoms. The summed E-state index contributed by atoms with van der Waals surface area (Å²) in [6.45, 7) is 4.29. The lowest BCUT2D eigenvalue weighted by molar-refractivity contribution is 1.22. The highest BCUT2D eigenvalue weighted by Crippen LogP contribution is 2.32. The van der Waals surface area contributed by atoms with Gasteiger partial charge in [0.25, 0.3) is 0 Å². The fourth-order valence-corrected chi connectivity index (χ4v) is 4.49. The monoisotopic (exact) mass is 438 g/mol. The summed E-state index contributed by atoms with van der Waals surface area (Å²) in [6.07, 6.45) is 3.46. The second-order valence-corrected chi connectivity index (χ2v) is 8.43. The molecule has 0 spiro atoms. The Hall–Kier alpha value is -4.30. The van der Waals surface area contributed by atoms with Gasteiger partial charge in [-0.05, 0) is 52.4 Å². The predicted molar refractivity (Wildman–Crippen MR) is 144 cm³/mol. The molecule has 0 saturated carbocycles. The summed E-state index contributed by atoms with van der Waals surface area (Å²) in [5.74, 6) is 0. The van der Waals surface area contributed by atoms with Gasteiger partial charge in [-0.1, -0.05) is 109 Å². The molecular weight excluding hydrogens is 412 g/mol. The van der Waals surface area contributed by atoms with Crippen LogP contribution in [-0.4, -0.2) is 9.97 Å². The van der Waals surface area contributed by atoms with E-state index in [0.717, 1.165) is 10.9 Å². The third-order valence-electron chi connectivity index (χ3n) is 6.15. The van der Waals surface area contributed by atoms with Crippen molar-refractivity contribution in [2.24, 2.45) is 0 Å². The SMILES string of the molecule is Cc1ccc2ccccc2c1-c1ccccc1.Cc1ccc2cncnc2c1-c1ccccc1. The molecule has 6 rings (SSSR count). The van der Waals surface area contributed by atoms with E-state index in [1.807, 2.05) is 12.3 Å². The summed E-state index contributed by atoms with van der Waals surface area (Å²) in [4.78, 5) is 8.47. The van der Waals surface area contributed by atoms with Crippen LogP contribution in [0.5, 0.6) is 0 Å². The first-order chi connectivity index (χ1) is 16.7. The lowest BCUT2D eigenvalue weighted by Crippen LogP contribution is -1.89. The number of rotatable bonds is 2. The van der Waals surface area contributed by atoms with E-state index < -0.39 is 0 Å². The average molecular weight is 439 g/mol. The smallest absolute Gasteiger partial charge is 0.116 e. The van der Waals surface area contributed by atoms with Crippen LogP contribution < -0.4 is 0 Å². The van der Waals surface area contributed by atoms with E-state index >= 15 is 0 Å². The molecule has 164 valence electrons. The van der Waals surface area contributed by atoms with Crippen molar-refractivity contribution in [3.05, 3.63) is 133 Å². The minimum atomic E-state index is 1.02. The third kappa shape index (κ3) is 4.31. The van der Waals surface area contributed by atoms with Gasteiger partial charge in [0.05, 0.1) is 5.52 Å². The van der Waals surface area contributed by atoms with Gasteiger partial charge in [0.1, 0.15) is 6.33 Å². The molecule has 6 aromatic rings. The van der Waals surface area contributed by atoms with Gasteiger partial charge in [-0.15, -0.1) is 0 Å². The molecule has 0 radical (unpaired) electrons. The van der Waals surface area contributed by atoms with Crippen molar-refractivity contribution in [2.45, 2.75) is 13.8 Å². The summed E-state index contributed by atoms with van der Waals surface area (Å²) in [5, 5.41) is 3.72. The summed E-state index contributed by atoms with van der Waals surface area (Å²) in [5.41, 5.74) is 8.63. The number of nitrogens with zero attached hydrogens (tertiary/aromatic N) is 2. The first-order valence-electron chi connectivity index (χ1n) is 11.5. The Labute approximate surface area is 200 Å². The molecule has 0 bridgehead atoms. The molecule has 0 aliphatic carbocycles. The Balaban J connectivity index is 0.000000142. The highest BCUT2D eigenvalue weighted by molar-refractivity contribution is 5.98. The number of hydrogen-bond donors (Lipinski definition) is 0. The summed E-state index contributed by atoms with van der Waals surface area (Å²) >= 11 is 0. The first kappa shape index (κ1) is 21.5. The summed E-state index contributed by atoms with van der Waals surface area (Å²) in [6, 6.07) is 38.1. The van der Waals surface area contributed by atoms with Gasteiger partial charge in [0, 0.05) is 17.1 Å². The Morgan fingerprint density at radius 3 is 1.76 bits per heavy atom. The van der Waals surface area contributed by atoms with Crippen molar-refractivity contribution in [1.29, 1.82) is 0 Å². The molecule has 2 heteroatoms. The maximum atomic E-state index is 4.41. The maximum Gasteiger partial charge on any atom is 0.116 e. The predicted octanol–water partition coefficient (Wildman–Crippen LogP) is 8.42. The lowest BCUT2D eigenvalue weighted by Gasteiger charge is -2.10. The van der Waals surface area contributed by atoms with Crippen molar-refractivity contribution in [1.82, 2.24) is 9.97 Å².